The lowest BCUT2D eigenvalue weighted by Crippen LogP contribution is -2.23. The lowest BCUT2D eigenvalue weighted by atomic mass is 9.80. The first-order chi connectivity index (χ1) is 8.70. The fraction of sp³-hybridized carbons (Fsp3) is 0.500. The molecule has 2 aromatic rings. The van der Waals surface area contributed by atoms with Crippen molar-refractivity contribution >= 4 is 38.6 Å². The molecule has 0 aliphatic heterocycles. The summed E-state index contributed by atoms with van der Waals surface area (Å²) >= 11 is 9.55. The molecular formula is C14H16BrClN2. The molecule has 0 amide bonds. The van der Waals surface area contributed by atoms with Crippen molar-refractivity contribution in [1.29, 1.82) is 0 Å². The van der Waals surface area contributed by atoms with Gasteiger partial charge in [0.25, 0.3) is 0 Å². The van der Waals surface area contributed by atoms with Crippen LogP contribution in [0.4, 0.5) is 0 Å². The third kappa shape index (κ3) is 1.97. The number of imidazole rings is 1. The molecule has 0 saturated heterocycles. The average molecular weight is 328 g/mol. The first-order valence-corrected chi connectivity index (χ1v) is 7.76. The maximum Gasteiger partial charge on any atom is 0.125 e. The SMILES string of the molecule is CC(C1CCC1)n1c(CCl)nc2cc(Br)ccc21. The molecule has 96 valence electrons. The number of halogens is 2. The van der Waals surface area contributed by atoms with Crippen molar-refractivity contribution < 1.29 is 0 Å². The van der Waals surface area contributed by atoms with Gasteiger partial charge in [-0.3, -0.25) is 0 Å². The van der Waals surface area contributed by atoms with E-state index in [0.29, 0.717) is 11.9 Å². The maximum absolute atomic E-state index is 6.06. The van der Waals surface area contributed by atoms with Crippen molar-refractivity contribution in [1.82, 2.24) is 9.55 Å². The number of hydrogen-bond donors (Lipinski definition) is 0. The number of benzene rings is 1. The Hall–Kier alpha value is -0.540. The van der Waals surface area contributed by atoms with Crippen LogP contribution in [0.1, 0.15) is 38.1 Å². The maximum atomic E-state index is 6.06. The Morgan fingerprint density at radius 2 is 2.28 bits per heavy atom. The molecular weight excluding hydrogens is 312 g/mol. The highest BCUT2D eigenvalue weighted by molar-refractivity contribution is 9.10. The van der Waals surface area contributed by atoms with Gasteiger partial charge in [0.2, 0.25) is 0 Å². The third-order valence-electron chi connectivity index (χ3n) is 4.08. The van der Waals surface area contributed by atoms with Crippen molar-refractivity contribution in [2.24, 2.45) is 5.92 Å². The fourth-order valence-electron chi connectivity index (χ4n) is 2.80. The van der Waals surface area contributed by atoms with Gasteiger partial charge in [0.1, 0.15) is 5.82 Å². The average Bonchev–Trinajstić information content (AvgIpc) is 2.63. The molecule has 1 fully saturated rings. The van der Waals surface area contributed by atoms with E-state index in [2.05, 4.69) is 50.6 Å². The quantitative estimate of drug-likeness (QED) is 0.733. The predicted molar refractivity (Wildman–Crippen MR) is 79.0 cm³/mol. The Balaban J connectivity index is 2.12. The minimum absolute atomic E-state index is 0.476. The molecule has 3 rings (SSSR count). The molecule has 0 radical (unpaired) electrons. The Morgan fingerprint density at radius 1 is 1.50 bits per heavy atom. The van der Waals surface area contributed by atoms with Gasteiger partial charge in [-0.15, -0.1) is 11.6 Å². The molecule has 1 saturated carbocycles. The topological polar surface area (TPSA) is 17.8 Å². The van der Waals surface area contributed by atoms with Gasteiger partial charge in [-0.2, -0.15) is 0 Å². The molecule has 4 heteroatoms. The molecule has 18 heavy (non-hydrogen) atoms. The van der Waals surface area contributed by atoms with E-state index in [4.69, 9.17) is 11.6 Å². The zero-order valence-electron chi connectivity index (χ0n) is 10.4. The standard InChI is InChI=1S/C14H16BrClN2/c1-9(10-3-2-4-10)18-13-6-5-11(15)7-12(13)17-14(18)8-16/h5-7,9-10H,2-4,8H2,1H3. The highest BCUT2D eigenvalue weighted by Gasteiger charge is 2.27. The highest BCUT2D eigenvalue weighted by Crippen LogP contribution is 2.38. The van der Waals surface area contributed by atoms with Gasteiger partial charge in [-0.25, -0.2) is 4.98 Å². The summed E-state index contributed by atoms with van der Waals surface area (Å²) in [6.45, 7) is 2.29. The lowest BCUT2D eigenvalue weighted by Gasteiger charge is -2.33. The molecule has 1 atom stereocenters. The van der Waals surface area contributed by atoms with E-state index in [1.54, 1.807) is 0 Å². The Morgan fingerprint density at radius 3 is 2.89 bits per heavy atom. The van der Waals surface area contributed by atoms with Crippen molar-refractivity contribution in [3.8, 4) is 0 Å². The first kappa shape index (κ1) is 12.5. The van der Waals surface area contributed by atoms with Crippen molar-refractivity contribution in [3.63, 3.8) is 0 Å². The van der Waals surface area contributed by atoms with Crippen molar-refractivity contribution in [3.05, 3.63) is 28.5 Å². The summed E-state index contributed by atoms with van der Waals surface area (Å²) in [5.41, 5.74) is 2.24. The normalized spacial score (nSPS) is 17.9. The second kappa shape index (κ2) is 4.86. The monoisotopic (exact) mass is 326 g/mol. The van der Waals surface area contributed by atoms with Crippen LogP contribution in [-0.4, -0.2) is 9.55 Å². The van der Waals surface area contributed by atoms with E-state index in [1.165, 1.54) is 24.8 Å². The van der Waals surface area contributed by atoms with Gasteiger partial charge in [-0.05, 0) is 43.9 Å². The van der Waals surface area contributed by atoms with E-state index >= 15 is 0 Å². The number of hydrogen-bond acceptors (Lipinski definition) is 1. The van der Waals surface area contributed by atoms with Crippen LogP contribution in [0.5, 0.6) is 0 Å². The van der Waals surface area contributed by atoms with Gasteiger partial charge < -0.3 is 4.57 Å². The number of nitrogens with zero attached hydrogens (tertiary/aromatic N) is 2. The summed E-state index contributed by atoms with van der Waals surface area (Å²) in [7, 11) is 0. The van der Waals surface area contributed by atoms with E-state index in [1.807, 2.05) is 0 Å². The minimum atomic E-state index is 0.476. The van der Waals surface area contributed by atoms with Crippen molar-refractivity contribution in [2.75, 3.05) is 0 Å². The van der Waals surface area contributed by atoms with E-state index in [0.717, 1.165) is 21.7 Å². The molecule has 0 spiro atoms. The predicted octanol–water partition coefficient (Wildman–Crippen LogP) is 4.90. The summed E-state index contributed by atoms with van der Waals surface area (Å²) < 4.78 is 3.40. The number of aromatic nitrogens is 2. The van der Waals surface area contributed by atoms with Crippen LogP contribution >= 0.6 is 27.5 Å². The molecule has 2 nitrogen and oxygen atoms in total. The van der Waals surface area contributed by atoms with E-state index < -0.39 is 0 Å². The van der Waals surface area contributed by atoms with Gasteiger partial charge in [-0.1, -0.05) is 22.4 Å². The first-order valence-electron chi connectivity index (χ1n) is 6.43. The number of alkyl halides is 1. The number of rotatable bonds is 3. The zero-order valence-corrected chi connectivity index (χ0v) is 12.7. The lowest BCUT2D eigenvalue weighted by molar-refractivity contribution is 0.223. The fourth-order valence-corrected chi connectivity index (χ4v) is 3.34. The van der Waals surface area contributed by atoms with Gasteiger partial charge in [0.05, 0.1) is 16.9 Å². The van der Waals surface area contributed by atoms with Crippen LogP contribution < -0.4 is 0 Å². The second-order valence-electron chi connectivity index (χ2n) is 5.10. The summed E-state index contributed by atoms with van der Waals surface area (Å²) in [5.74, 6) is 2.25. The summed E-state index contributed by atoms with van der Waals surface area (Å²) in [5, 5.41) is 0. The smallest absolute Gasteiger partial charge is 0.125 e. The van der Waals surface area contributed by atoms with Crippen LogP contribution in [0.2, 0.25) is 0 Å². The molecule has 0 N–H and O–H groups in total. The Kier molecular flexibility index (Phi) is 3.37. The van der Waals surface area contributed by atoms with Crippen LogP contribution in [0, 0.1) is 5.92 Å². The van der Waals surface area contributed by atoms with Crippen LogP contribution in [0.15, 0.2) is 22.7 Å². The molecule has 1 heterocycles. The molecule has 1 aromatic heterocycles. The Bertz CT molecular complexity index is 574. The van der Waals surface area contributed by atoms with E-state index in [-0.39, 0.29) is 0 Å². The molecule has 1 aromatic carbocycles. The largest absolute Gasteiger partial charge is 0.324 e. The van der Waals surface area contributed by atoms with Crippen LogP contribution in [-0.2, 0) is 5.88 Å². The molecule has 1 aliphatic carbocycles. The van der Waals surface area contributed by atoms with Crippen LogP contribution in [0.25, 0.3) is 11.0 Å². The highest BCUT2D eigenvalue weighted by atomic mass is 79.9. The molecule has 1 aliphatic rings. The summed E-state index contributed by atoms with van der Waals surface area (Å²) in [4.78, 5) is 4.65. The molecule has 0 bridgehead atoms. The second-order valence-corrected chi connectivity index (χ2v) is 6.28. The molecule has 1 unspecified atom stereocenters. The Labute approximate surface area is 120 Å². The summed E-state index contributed by atoms with van der Waals surface area (Å²) in [6, 6.07) is 6.78. The van der Waals surface area contributed by atoms with Gasteiger partial charge in [0, 0.05) is 10.5 Å². The summed E-state index contributed by atoms with van der Waals surface area (Å²) in [6.07, 6.45) is 4.03. The third-order valence-corrected chi connectivity index (χ3v) is 4.82. The van der Waals surface area contributed by atoms with Gasteiger partial charge in [0.15, 0.2) is 0 Å². The zero-order chi connectivity index (χ0) is 12.7. The number of fused-ring (bicyclic) bond motifs is 1. The van der Waals surface area contributed by atoms with Crippen molar-refractivity contribution in [2.45, 2.75) is 38.1 Å². The van der Waals surface area contributed by atoms with Gasteiger partial charge >= 0.3 is 0 Å². The van der Waals surface area contributed by atoms with E-state index in [9.17, 15) is 0 Å². The minimum Gasteiger partial charge on any atom is -0.324 e. The van der Waals surface area contributed by atoms with Crippen LogP contribution in [0.3, 0.4) is 0 Å².